The van der Waals surface area contributed by atoms with Crippen molar-refractivity contribution in [1.82, 2.24) is 0 Å². The fourth-order valence-electron chi connectivity index (χ4n) is 3.33. The summed E-state index contributed by atoms with van der Waals surface area (Å²) < 4.78 is 253. The molecular formula is C20H28F17NO3S. The standard InChI is InChI=1S/C12H9F17O3S.C8H20N/c13-5(14,3-1-2-4-6(15,16)17)7(18,19)8(20,21)9(22,23)10(24,25)11(26,27)12(28,29)33(30,31)32;1-5-9(6-2,7-3)8-4/h1-4H2,(H,30,31,32);5-8H2,1-4H3/q;+1/p-1. The minimum Gasteiger partial charge on any atom is -0.743 e. The van der Waals surface area contributed by atoms with Crippen molar-refractivity contribution in [2.75, 3.05) is 26.2 Å². The number of unbranched alkanes of at least 4 members (excludes halogenated alkanes) is 1. The van der Waals surface area contributed by atoms with Crippen molar-refractivity contribution < 1.29 is 92.1 Å². The lowest BCUT2D eigenvalue weighted by molar-refractivity contribution is -0.921. The molecule has 22 heteroatoms. The summed E-state index contributed by atoms with van der Waals surface area (Å²) >= 11 is 0. The maximum atomic E-state index is 13.4. The van der Waals surface area contributed by atoms with E-state index in [4.69, 9.17) is 0 Å². The second kappa shape index (κ2) is 13.4. The molecule has 0 amide bonds. The zero-order valence-corrected chi connectivity index (χ0v) is 23.0. The van der Waals surface area contributed by atoms with Crippen LogP contribution in [0.1, 0.15) is 53.4 Å². The molecule has 0 spiro atoms. The van der Waals surface area contributed by atoms with Crippen molar-refractivity contribution in [1.29, 1.82) is 0 Å². The van der Waals surface area contributed by atoms with Crippen LogP contribution in [0.15, 0.2) is 0 Å². The van der Waals surface area contributed by atoms with Gasteiger partial charge in [0.15, 0.2) is 10.1 Å². The average Bonchev–Trinajstić information content (AvgIpc) is 2.82. The monoisotopic (exact) mass is 685 g/mol. The molecule has 0 fully saturated rings. The highest BCUT2D eigenvalue weighted by molar-refractivity contribution is 7.86. The lowest BCUT2D eigenvalue weighted by atomic mass is 9.89. The lowest BCUT2D eigenvalue weighted by Crippen LogP contribution is -2.73. The largest absolute Gasteiger partial charge is 0.743 e. The molecule has 0 aromatic rings. The molecule has 0 unspecified atom stereocenters. The van der Waals surface area contributed by atoms with Gasteiger partial charge in [-0.3, -0.25) is 0 Å². The second-order valence-corrected chi connectivity index (χ2v) is 10.4. The summed E-state index contributed by atoms with van der Waals surface area (Å²) in [5, 5.41) is -7.83. The summed E-state index contributed by atoms with van der Waals surface area (Å²) in [7, 11) is -8.06. The zero-order valence-electron chi connectivity index (χ0n) is 22.2. The molecule has 0 aliphatic rings. The first kappa shape index (κ1) is 42.8. The molecule has 0 N–H and O–H groups in total. The summed E-state index contributed by atoms with van der Waals surface area (Å²) in [4.78, 5) is 0. The SMILES string of the molecule is CC[N+](CC)(CC)CC.O=S(=O)([O-])C(F)(F)C(F)(F)C(F)(F)C(F)(F)C(F)(F)C(F)(F)C(F)(F)CCCCC(F)(F)F. The quantitative estimate of drug-likeness (QED) is 0.0762. The second-order valence-electron chi connectivity index (χ2n) is 8.98. The Bertz CT molecular complexity index is 944. The molecule has 0 radical (unpaired) electrons. The Hall–Kier alpha value is -1.32. The highest BCUT2D eigenvalue weighted by Crippen LogP contribution is 2.63. The lowest BCUT2D eigenvalue weighted by Gasteiger charge is -2.42. The minimum absolute atomic E-state index is 1.28. The van der Waals surface area contributed by atoms with E-state index in [1.165, 1.54) is 30.7 Å². The molecule has 256 valence electrons. The molecule has 0 atom stereocenters. The smallest absolute Gasteiger partial charge is 0.402 e. The van der Waals surface area contributed by atoms with Crippen LogP contribution in [0.25, 0.3) is 0 Å². The Morgan fingerprint density at radius 2 is 0.786 bits per heavy atom. The first-order valence-corrected chi connectivity index (χ1v) is 13.1. The topological polar surface area (TPSA) is 57.2 Å². The van der Waals surface area contributed by atoms with Crippen LogP contribution in [0.2, 0.25) is 0 Å². The van der Waals surface area contributed by atoms with Crippen molar-refractivity contribution in [3.63, 3.8) is 0 Å². The Morgan fingerprint density at radius 3 is 1.05 bits per heavy atom. The Balaban J connectivity index is 0. The van der Waals surface area contributed by atoms with E-state index >= 15 is 0 Å². The average molecular weight is 685 g/mol. The number of alkyl halides is 17. The third-order valence-electron chi connectivity index (χ3n) is 6.60. The van der Waals surface area contributed by atoms with E-state index < -0.39 is 82.8 Å². The minimum atomic E-state index is -8.59. The molecule has 0 saturated heterocycles. The van der Waals surface area contributed by atoms with Gasteiger partial charge in [0.2, 0.25) is 0 Å². The summed E-state index contributed by atoms with van der Waals surface area (Å²) in [5.41, 5.74) is 0. The number of hydrogen-bond donors (Lipinski definition) is 0. The van der Waals surface area contributed by atoms with Gasteiger partial charge in [0.05, 0.1) is 26.2 Å². The maximum absolute atomic E-state index is 13.4. The molecule has 0 aromatic heterocycles. The van der Waals surface area contributed by atoms with Crippen molar-refractivity contribution in [2.45, 2.75) is 100 Å². The number of hydrogen-bond acceptors (Lipinski definition) is 3. The van der Waals surface area contributed by atoms with E-state index in [1.54, 1.807) is 0 Å². The molecule has 0 rings (SSSR count). The molecule has 4 nitrogen and oxygen atoms in total. The van der Waals surface area contributed by atoms with E-state index in [9.17, 15) is 87.6 Å². The molecule has 0 saturated carbocycles. The Kier molecular flexibility index (Phi) is 13.6. The first-order valence-electron chi connectivity index (χ1n) is 11.7. The zero-order chi connectivity index (χ0) is 34.7. The van der Waals surface area contributed by atoms with Crippen molar-refractivity contribution in [2.24, 2.45) is 0 Å². The third-order valence-corrected chi connectivity index (χ3v) is 7.48. The van der Waals surface area contributed by atoms with Crippen LogP contribution in [0.4, 0.5) is 74.6 Å². The van der Waals surface area contributed by atoms with Crippen LogP contribution in [-0.2, 0) is 10.1 Å². The van der Waals surface area contributed by atoms with Crippen LogP contribution in [-0.4, -0.2) is 90.6 Å². The van der Waals surface area contributed by atoms with Crippen molar-refractivity contribution in [3.8, 4) is 0 Å². The first-order chi connectivity index (χ1) is 18.2. The van der Waals surface area contributed by atoms with Crippen molar-refractivity contribution in [3.05, 3.63) is 0 Å². The predicted octanol–water partition coefficient (Wildman–Crippen LogP) is 7.94. The molecule has 0 bridgehead atoms. The number of quaternary nitrogens is 1. The fourth-order valence-corrected chi connectivity index (χ4v) is 3.77. The van der Waals surface area contributed by atoms with Gasteiger partial charge in [-0.25, -0.2) is 8.42 Å². The highest BCUT2D eigenvalue weighted by atomic mass is 32.2. The van der Waals surface area contributed by atoms with E-state index in [1.807, 2.05) is 0 Å². The number of halogens is 17. The van der Waals surface area contributed by atoms with Gasteiger partial charge in [0, 0.05) is 12.8 Å². The van der Waals surface area contributed by atoms with Crippen LogP contribution >= 0.6 is 0 Å². The van der Waals surface area contributed by atoms with Crippen LogP contribution in [0, 0.1) is 0 Å². The van der Waals surface area contributed by atoms with Gasteiger partial charge >= 0.3 is 47.0 Å². The fraction of sp³-hybridized carbons (Fsp3) is 1.00. The summed E-state index contributed by atoms with van der Waals surface area (Å²) in [6.45, 7) is 14.2. The van der Waals surface area contributed by atoms with Gasteiger partial charge in [-0.2, -0.15) is 74.6 Å². The van der Waals surface area contributed by atoms with Gasteiger partial charge in [0.25, 0.3) is 0 Å². The predicted molar refractivity (Wildman–Crippen MR) is 111 cm³/mol. The van der Waals surface area contributed by atoms with Crippen LogP contribution < -0.4 is 0 Å². The Labute approximate surface area is 229 Å². The van der Waals surface area contributed by atoms with Gasteiger partial charge in [-0.15, -0.1) is 0 Å². The van der Waals surface area contributed by atoms with Crippen molar-refractivity contribution >= 4 is 10.1 Å². The summed E-state index contributed by atoms with van der Waals surface area (Å²) in [6.07, 6.45) is -13.2. The summed E-state index contributed by atoms with van der Waals surface area (Å²) in [5.74, 6) is -48.3. The highest BCUT2D eigenvalue weighted by Gasteiger charge is 2.93. The van der Waals surface area contributed by atoms with Crippen LogP contribution in [0.5, 0.6) is 0 Å². The molecule has 0 aromatic carbocycles. The van der Waals surface area contributed by atoms with E-state index in [0.29, 0.717) is 0 Å². The number of rotatable bonds is 15. The number of nitrogens with zero attached hydrogens (tertiary/aromatic N) is 1. The molecule has 42 heavy (non-hydrogen) atoms. The molecule has 0 aliphatic heterocycles. The van der Waals surface area contributed by atoms with Gasteiger partial charge in [0.1, 0.15) is 0 Å². The Morgan fingerprint density at radius 1 is 0.500 bits per heavy atom. The van der Waals surface area contributed by atoms with E-state index in [-0.39, 0.29) is 0 Å². The van der Waals surface area contributed by atoms with E-state index in [0.717, 1.165) is 0 Å². The normalized spacial score (nSPS) is 15.4. The third kappa shape index (κ3) is 8.03. The summed E-state index contributed by atoms with van der Waals surface area (Å²) in [6, 6.07) is 0. The van der Waals surface area contributed by atoms with Gasteiger partial charge < -0.3 is 9.04 Å². The maximum Gasteiger partial charge on any atom is 0.402 e. The van der Waals surface area contributed by atoms with Gasteiger partial charge in [-0.05, 0) is 40.5 Å². The molecular weight excluding hydrogens is 657 g/mol. The molecule has 0 heterocycles. The molecule has 0 aliphatic carbocycles. The van der Waals surface area contributed by atoms with Crippen LogP contribution in [0.3, 0.4) is 0 Å². The van der Waals surface area contributed by atoms with E-state index in [2.05, 4.69) is 27.7 Å². The van der Waals surface area contributed by atoms with Gasteiger partial charge in [-0.1, -0.05) is 0 Å².